The summed E-state index contributed by atoms with van der Waals surface area (Å²) in [5, 5.41) is 0. The molecule has 1 heteroatoms. The summed E-state index contributed by atoms with van der Waals surface area (Å²) in [7, 11) is 1.84. The van der Waals surface area contributed by atoms with E-state index in [0.717, 1.165) is 11.8 Å². The smallest absolute Gasteiger partial charge is 0.0277 e. The molecule has 0 heterocycles. The number of aliphatic imine (C=N–C) groups is 1. The number of rotatable bonds is 4. The molecule has 1 aliphatic carbocycles. The Morgan fingerprint density at radius 1 is 1.54 bits per heavy atom. The van der Waals surface area contributed by atoms with E-state index in [4.69, 9.17) is 0 Å². The molecule has 0 aliphatic heterocycles. The Morgan fingerprint density at radius 2 is 2.23 bits per heavy atom. The van der Waals surface area contributed by atoms with Crippen molar-refractivity contribution in [1.29, 1.82) is 0 Å². The molecule has 1 unspecified atom stereocenters. The summed E-state index contributed by atoms with van der Waals surface area (Å²) in [6, 6.07) is 0. The molecule has 0 aromatic rings. The Kier molecular flexibility index (Phi) is 4.20. The Balaban J connectivity index is 2.62. The highest BCUT2D eigenvalue weighted by Gasteiger charge is 2.23. The van der Waals surface area contributed by atoms with Gasteiger partial charge in [-0.3, -0.25) is 4.99 Å². The molecule has 1 aliphatic rings. The van der Waals surface area contributed by atoms with E-state index in [1.54, 1.807) is 5.57 Å². The predicted octanol–water partition coefficient (Wildman–Crippen LogP) is 3.46. The number of allylic oxidation sites excluding steroid dienone is 2. The third-order valence-electron chi connectivity index (χ3n) is 3.17. The molecule has 0 N–H and O–H groups in total. The first-order chi connectivity index (χ1) is 6.29. The van der Waals surface area contributed by atoms with Gasteiger partial charge in [-0.05, 0) is 37.2 Å². The van der Waals surface area contributed by atoms with Gasteiger partial charge in [0.2, 0.25) is 0 Å². The van der Waals surface area contributed by atoms with Crippen LogP contribution in [0, 0.1) is 11.8 Å². The van der Waals surface area contributed by atoms with Crippen LogP contribution in [0.15, 0.2) is 16.6 Å². The third kappa shape index (κ3) is 2.68. The second-order valence-electron chi connectivity index (χ2n) is 4.01. The van der Waals surface area contributed by atoms with Crippen LogP contribution in [0.4, 0.5) is 0 Å². The first-order valence-corrected chi connectivity index (χ1v) is 5.41. The normalized spacial score (nSPS) is 21.9. The lowest BCUT2D eigenvalue weighted by atomic mass is 9.74. The van der Waals surface area contributed by atoms with Crippen molar-refractivity contribution in [3.8, 4) is 0 Å². The summed E-state index contributed by atoms with van der Waals surface area (Å²) in [4.78, 5) is 4.03. The first kappa shape index (κ1) is 10.5. The fourth-order valence-electron chi connectivity index (χ4n) is 1.84. The molecular weight excluding hydrogens is 158 g/mol. The average Bonchev–Trinajstić information content (AvgIpc) is 2.07. The second-order valence-corrected chi connectivity index (χ2v) is 4.01. The van der Waals surface area contributed by atoms with Crippen molar-refractivity contribution in [1.82, 2.24) is 0 Å². The number of hydrogen-bond donors (Lipinski definition) is 0. The molecular formula is C12H21N. The molecule has 13 heavy (non-hydrogen) atoms. The fourth-order valence-corrected chi connectivity index (χ4v) is 1.84. The van der Waals surface area contributed by atoms with Crippen LogP contribution in [0.2, 0.25) is 0 Å². The maximum Gasteiger partial charge on any atom is 0.0277 e. The van der Waals surface area contributed by atoms with Gasteiger partial charge in [-0.2, -0.15) is 0 Å². The van der Waals surface area contributed by atoms with Gasteiger partial charge in [-0.1, -0.05) is 25.8 Å². The van der Waals surface area contributed by atoms with Gasteiger partial charge in [-0.25, -0.2) is 0 Å². The van der Waals surface area contributed by atoms with Crippen LogP contribution in [0.25, 0.3) is 0 Å². The second kappa shape index (κ2) is 5.21. The lowest BCUT2D eigenvalue weighted by molar-refractivity contribution is 0.338. The molecule has 0 bridgehead atoms. The standard InChI is InChI=1S/C12H21N/c1-4-10(2)12(8-9-13-3)11-6-5-7-11/h8-11H,4-7H2,1-3H3/b12-8+,13-9?. The van der Waals surface area contributed by atoms with E-state index in [0.29, 0.717) is 0 Å². The van der Waals surface area contributed by atoms with Crippen LogP contribution in [0.3, 0.4) is 0 Å². The van der Waals surface area contributed by atoms with Gasteiger partial charge < -0.3 is 0 Å². The molecule has 1 atom stereocenters. The highest BCUT2D eigenvalue weighted by Crippen LogP contribution is 2.37. The highest BCUT2D eigenvalue weighted by molar-refractivity contribution is 5.72. The molecule has 0 aromatic heterocycles. The van der Waals surface area contributed by atoms with Gasteiger partial charge >= 0.3 is 0 Å². The van der Waals surface area contributed by atoms with Crippen molar-refractivity contribution < 1.29 is 0 Å². The van der Waals surface area contributed by atoms with Crippen molar-refractivity contribution in [3.05, 3.63) is 11.6 Å². The van der Waals surface area contributed by atoms with Crippen molar-refractivity contribution in [2.24, 2.45) is 16.8 Å². The Bertz CT molecular complexity index is 192. The van der Waals surface area contributed by atoms with E-state index in [1.165, 1.54) is 25.7 Å². The van der Waals surface area contributed by atoms with Crippen LogP contribution >= 0.6 is 0 Å². The Hall–Kier alpha value is -0.590. The van der Waals surface area contributed by atoms with E-state index in [9.17, 15) is 0 Å². The molecule has 1 nitrogen and oxygen atoms in total. The summed E-state index contributed by atoms with van der Waals surface area (Å²) in [6.45, 7) is 4.59. The van der Waals surface area contributed by atoms with Gasteiger partial charge in [0.15, 0.2) is 0 Å². The van der Waals surface area contributed by atoms with Crippen LogP contribution in [-0.4, -0.2) is 13.3 Å². The summed E-state index contributed by atoms with van der Waals surface area (Å²) in [6.07, 6.45) is 9.64. The van der Waals surface area contributed by atoms with Crippen LogP contribution in [0.1, 0.15) is 39.5 Å². The minimum atomic E-state index is 0.739. The highest BCUT2D eigenvalue weighted by atomic mass is 14.6. The maximum atomic E-state index is 4.03. The van der Waals surface area contributed by atoms with E-state index < -0.39 is 0 Å². The van der Waals surface area contributed by atoms with E-state index in [-0.39, 0.29) is 0 Å². The van der Waals surface area contributed by atoms with Crippen LogP contribution in [-0.2, 0) is 0 Å². The first-order valence-electron chi connectivity index (χ1n) is 5.41. The number of hydrogen-bond acceptors (Lipinski definition) is 1. The molecule has 0 amide bonds. The fraction of sp³-hybridized carbons (Fsp3) is 0.750. The van der Waals surface area contributed by atoms with Gasteiger partial charge in [0, 0.05) is 13.3 Å². The minimum Gasteiger partial charge on any atom is -0.297 e. The Morgan fingerprint density at radius 3 is 2.62 bits per heavy atom. The Labute approximate surface area is 82.0 Å². The van der Waals surface area contributed by atoms with Gasteiger partial charge in [0.25, 0.3) is 0 Å². The molecule has 1 saturated carbocycles. The van der Waals surface area contributed by atoms with E-state index in [1.807, 2.05) is 13.3 Å². The van der Waals surface area contributed by atoms with Crippen molar-refractivity contribution >= 4 is 6.21 Å². The molecule has 0 saturated heterocycles. The molecule has 1 rings (SSSR count). The van der Waals surface area contributed by atoms with Gasteiger partial charge in [0.1, 0.15) is 0 Å². The molecule has 0 aromatic carbocycles. The molecule has 74 valence electrons. The number of nitrogens with zero attached hydrogens (tertiary/aromatic N) is 1. The summed E-state index contributed by atoms with van der Waals surface area (Å²) < 4.78 is 0. The summed E-state index contributed by atoms with van der Waals surface area (Å²) in [5.74, 6) is 1.61. The van der Waals surface area contributed by atoms with Crippen molar-refractivity contribution in [2.45, 2.75) is 39.5 Å². The quantitative estimate of drug-likeness (QED) is 0.586. The van der Waals surface area contributed by atoms with Crippen LogP contribution < -0.4 is 0 Å². The predicted molar refractivity (Wildman–Crippen MR) is 59.3 cm³/mol. The third-order valence-corrected chi connectivity index (χ3v) is 3.17. The topological polar surface area (TPSA) is 12.4 Å². The van der Waals surface area contributed by atoms with E-state index in [2.05, 4.69) is 24.9 Å². The zero-order valence-corrected chi connectivity index (χ0v) is 9.09. The lowest BCUT2D eigenvalue weighted by Gasteiger charge is -2.31. The summed E-state index contributed by atoms with van der Waals surface area (Å²) >= 11 is 0. The lowest BCUT2D eigenvalue weighted by Crippen LogP contribution is -2.18. The van der Waals surface area contributed by atoms with Crippen LogP contribution in [0.5, 0.6) is 0 Å². The van der Waals surface area contributed by atoms with Gasteiger partial charge in [-0.15, -0.1) is 0 Å². The van der Waals surface area contributed by atoms with Crippen molar-refractivity contribution in [3.63, 3.8) is 0 Å². The van der Waals surface area contributed by atoms with E-state index >= 15 is 0 Å². The average molecular weight is 179 g/mol. The largest absolute Gasteiger partial charge is 0.297 e. The molecule has 0 radical (unpaired) electrons. The monoisotopic (exact) mass is 179 g/mol. The zero-order chi connectivity index (χ0) is 9.68. The minimum absolute atomic E-state index is 0.739. The van der Waals surface area contributed by atoms with Crippen molar-refractivity contribution in [2.75, 3.05) is 7.05 Å². The van der Waals surface area contributed by atoms with Gasteiger partial charge in [0.05, 0.1) is 0 Å². The maximum absolute atomic E-state index is 4.03. The zero-order valence-electron chi connectivity index (χ0n) is 9.09. The SMILES string of the molecule is CCC(C)/C(=C\C=NC)C1CCC1. The summed E-state index contributed by atoms with van der Waals surface area (Å²) in [5.41, 5.74) is 1.62. The molecule has 0 spiro atoms. The molecule has 1 fully saturated rings.